The second-order valence-electron chi connectivity index (χ2n) is 14.1. The van der Waals surface area contributed by atoms with Crippen LogP contribution in [0.2, 0.25) is 0 Å². The van der Waals surface area contributed by atoms with Crippen LogP contribution in [0.25, 0.3) is 82.5 Å². The Morgan fingerprint density at radius 1 is 0.364 bits per heavy atom. The number of anilines is 3. The number of hydrogen-bond acceptors (Lipinski definition) is 2. The lowest BCUT2D eigenvalue weighted by atomic mass is 9.97. The van der Waals surface area contributed by atoms with Gasteiger partial charge in [-0.2, -0.15) is 0 Å². The van der Waals surface area contributed by atoms with E-state index in [4.69, 9.17) is 4.42 Å². The standard InChI is InChI=1S/C52H34N2O/c1-2-14-35(15-3-1)41-18-6-10-22-47(41)53(39-27-29-40(30-28-39)54-49-24-12-8-20-43(49)44-21-9-13-25-50(44)54)48-23-11-7-19-42(48)38-26-31-51-45(33-38)46-32-36-16-4-5-17-37(36)34-52(46)55-51/h1-34H. The highest BCUT2D eigenvalue weighted by Gasteiger charge is 2.22. The van der Waals surface area contributed by atoms with Crippen molar-refractivity contribution < 1.29 is 4.42 Å². The van der Waals surface area contributed by atoms with E-state index in [0.29, 0.717) is 0 Å². The number of nitrogens with zero attached hydrogens (tertiary/aromatic N) is 2. The minimum Gasteiger partial charge on any atom is -0.456 e. The maximum absolute atomic E-state index is 6.42. The summed E-state index contributed by atoms with van der Waals surface area (Å²) in [6.45, 7) is 0. The Balaban J connectivity index is 1.11. The molecule has 3 heteroatoms. The fraction of sp³-hybridized carbons (Fsp3) is 0. The summed E-state index contributed by atoms with van der Waals surface area (Å²) < 4.78 is 8.79. The van der Waals surface area contributed by atoms with Gasteiger partial charge < -0.3 is 13.9 Å². The van der Waals surface area contributed by atoms with E-state index in [-0.39, 0.29) is 0 Å². The predicted octanol–water partition coefficient (Wildman–Crippen LogP) is 14.6. The van der Waals surface area contributed by atoms with Gasteiger partial charge in [-0.05, 0) is 94.7 Å². The largest absolute Gasteiger partial charge is 0.456 e. The van der Waals surface area contributed by atoms with E-state index < -0.39 is 0 Å². The molecular formula is C52H34N2O. The Hall–Kier alpha value is -7.36. The van der Waals surface area contributed by atoms with Crippen molar-refractivity contribution in [1.29, 1.82) is 0 Å². The van der Waals surface area contributed by atoms with Crippen LogP contribution in [0.15, 0.2) is 211 Å². The molecule has 55 heavy (non-hydrogen) atoms. The van der Waals surface area contributed by atoms with Gasteiger partial charge in [-0.25, -0.2) is 0 Å². The van der Waals surface area contributed by atoms with Crippen LogP contribution in [0, 0.1) is 0 Å². The zero-order valence-corrected chi connectivity index (χ0v) is 29.9. The molecule has 0 radical (unpaired) electrons. The molecule has 0 amide bonds. The van der Waals surface area contributed by atoms with Crippen LogP contribution in [0.4, 0.5) is 17.1 Å². The summed E-state index contributed by atoms with van der Waals surface area (Å²) in [5, 5.41) is 7.13. The van der Waals surface area contributed by atoms with E-state index in [0.717, 1.165) is 61.4 Å². The molecule has 11 aromatic rings. The van der Waals surface area contributed by atoms with E-state index in [1.807, 2.05) is 0 Å². The van der Waals surface area contributed by atoms with Crippen LogP contribution in [0.3, 0.4) is 0 Å². The summed E-state index contributed by atoms with van der Waals surface area (Å²) in [6, 6.07) is 74.0. The number of rotatable bonds is 6. The summed E-state index contributed by atoms with van der Waals surface area (Å²) in [7, 11) is 0. The van der Waals surface area contributed by atoms with Gasteiger partial charge in [-0.15, -0.1) is 0 Å². The molecule has 0 saturated carbocycles. The number of aromatic nitrogens is 1. The number of hydrogen-bond donors (Lipinski definition) is 0. The fourth-order valence-electron chi connectivity index (χ4n) is 8.43. The maximum Gasteiger partial charge on any atom is 0.136 e. The molecule has 0 saturated heterocycles. The van der Waals surface area contributed by atoms with Gasteiger partial charge in [-0.1, -0.05) is 133 Å². The lowest BCUT2D eigenvalue weighted by Gasteiger charge is -2.30. The predicted molar refractivity (Wildman–Crippen MR) is 231 cm³/mol. The van der Waals surface area contributed by atoms with Gasteiger partial charge in [0.1, 0.15) is 11.2 Å². The molecule has 0 aliphatic carbocycles. The molecule has 0 bridgehead atoms. The highest BCUT2D eigenvalue weighted by atomic mass is 16.3. The number of benzene rings is 9. The summed E-state index contributed by atoms with van der Waals surface area (Å²) in [5.41, 5.74) is 13.2. The molecular weight excluding hydrogens is 669 g/mol. The molecule has 9 aromatic carbocycles. The zero-order chi connectivity index (χ0) is 36.3. The first kappa shape index (κ1) is 31.2. The van der Waals surface area contributed by atoms with E-state index in [1.165, 1.54) is 38.1 Å². The Labute approximate surface area is 318 Å². The minimum atomic E-state index is 0.887. The van der Waals surface area contributed by atoms with Crippen molar-refractivity contribution in [3.63, 3.8) is 0 Å². The monoisotopic (exact) mass is 702 g/mol. The van der Waals surface area contributed by atoms with Gasteiger partial charge >= 0.3 is 0 Å². The van der Waals surface area contributed by atoms with Crippen molar-refractivity contribution in [2.45, 2.75) is 0 Å². The first-order valence-electron chi connectivity index (χ1n) is 18.8. The summed E-state index contributed by atoms with van der Waals surface area (Å²) in [6.07, 6.45) is 0. The Morgan fingerprint density at radius 3 is 1.60 bits per heavy atom. The normalized spacial score (nSPS) is 11.6. The van der Waals surface area contributed by atoms with Crippen LogP contribution in [-0.4, -0.2) is 4.57 Å². The first-order valence-corrected chi connectivity index (χ1v) is 18.8. The summed E-state index contributed by atoms with van der Waals surface area (Å²) in [4.78, 5) is 2.42. The minimum absolute atomic E-state index is 0.887. The van der Waals surface area contributed by atoms with E-state index >= 15 is 0 Å². The van der Waals surface area contributed by atoms with Crippen LogP contribution in [0.1, 0.15) is 0 Å². The summed E-state index contributed by atoms with van der Waals surface area (Å²) in [5.74, 6) is 0. The topological polar surface area (TPSA) is 21.3 Å². The fourth-order valence-corrected chi connectivity index (χ4v) is 8.43. The molecule has 11 rings (SSSR count). The molecule has 0 aliphatic rings. The van der Waals surface area contributed by atoms with Crippen LogP contribution in [0.5, 0.6) is 0 Å². The molecule has 258 valence electrons. The molecule has 0 aliphatic heterocycles. The van der Waals surface area contributed by atoms with Gasteiger partial charge in [-0.3, -0.25) is 0 Å². The highest BCUT2D eigenvalue weighted by Crippen LogP contribution is 2.46. The lowest BCUT2D eigenvalue weighted by molar-refractivity contribution is 0.669. The van der Waals surface area contributed by atoms with Gasteiger partial charge in [0.25, 0.3) is 0 Å². The zero-order valence-electron chi connectivity index (χ0n) is 29.9. The van der Waals surface area contributed by atoms with Gasteiger partial charge in [0, 0.05) is 44.0 Å². The van der Waals surface area contributed by atoms with Crippen LogP contribution in [-0.2, 0) is 0 Å². The molecule has 2 heterocycles. The third kappa shape index (κ3) is 5.13. The van der Waals surface area contributed by atoms with Crippen LogP contribution < -0.4 is 4.90 Å². The third-order valence-electron chi connectivity index (χ3n) is 11.0. The van der Waals surface area contributed by atoms with Crippen molar-refractivity contribution in [3.05, 3.63) is 206 Å². The molecule has 0 unspecified atom stereocenters. The molecule has 2 aromatic heterocycles. The Morgan fingerprint density at radius 2 is 0.909 bits per heavy atom. The van der Waals surface area contributed by atoms with Gasteiger partial charge in [0.15, 0.2) is 0 Å². The van der Waals surface area contributed by atoms with Crippen LogP contribution >= 0.6 is 0 Å². The van der Waals surface area contributed by atoms with Crippen molar-refractivity contribution in [2.24, 2.45) is 0 Å². The van der Waals surface area contributed by atoms with Gasteiger partial charge in [0.05, 0.1) is 22.4 Å². The molecule has 0 N–H and O–H groups in total. The molecule has 0 spiro atoms. The number of fused-ring (bicyclic) bond motifs is 7. The van der Waals surface area contributed by atoms with Gasteiger partial charge in [0.2, 0.25) is 0 Å². The third-order valence-corrected chi connectivity index (χ3v) is 11.0. The van der Waals surface area contributed by atoms with Crippen molar-refractivity contribution >= 4 is 71.6 Å². The van der Waals surface area contributed by atoms with E-state index in [9.17, 15) is 0 Å². The molecule has 0 fully saturated rings. The Bertz CT molecular complexity index is 3150. The smallest absolute Gasteiger partial charge is 0.136 e. The Kier molecular flexibility index (Phi) is 7.17. The molecule has 3 nitrogen and oxygen atoms in total. The van der Waals surface area contributed by atoms with E-state index in [1.54, 1.807) is 0 Å². The SMILES string of the molecule is c1ccc(-c2ccccc2N(c2ccc(-n3c4ccccc4c4ccccc43)cc2)c2ccccc2-c2ccc3oc4cc5ccccc5cc4c3c2)cc1. The van der Waals surface area contributed by atoms with E-state index in [2.05, 4.69) is 216 Å². The second kappa shape index (κ2) is 12.6. The number of para-hydroxylation sites is 4. The average Bonchev–Trinajstić information content (AvgIpc) is 3.78. The quantitative estimate of drug-likeness (QED) is 0.172. The van der Waals surface area contributed by atoms with Crippen molar-refractivity contribution in [3.8, 4) is 27.9 Å². The van der Waals surface area contributed by atoms with Crippen molar-refractivity contribution in [2.75, 3.05) is 4.90 Å². The maximum atomic E-state index is 6.42. The first-order chi connectivity index (χ1) is 27.3. The average molecular weight is 703 g/mol. The highest BCUT2D eigenvalue weighted by molar-refractivity contribution is 6.12. The van der Waals surface area contributed by atoms with Crippen molar-refractivity contribution in [1.82, 2.24) is 4.57 Å². The second-order valence-corrected chi connectivity index (χ2v) is 14.1. The lowest BCUT2D eigenvalue weighted by Crippen LogP contribution is -2.12. The summed E-state index contributed by atoms with van der Waals surface area (Å²) >= 11 is 0. The number of furan rings is 1. The molecule has 0 atom stereocenters.